The maximum absolute atomic E-state index is 8.56. The van der Waals surface area contributed by atoms with E-state index in [1.165, 1.54) is 0 Å². The van der Waals surface area contributed by atoms with Crippen LogP contribution < -0.4 is 0 Å². The summed E-state index contributed by atoms with van der Waals surface area (Å²) in [5.41, 5.74) is 1.45. The topological polar surface area (TPSA) is 78.1 Å². The second kappa shape index (κ2) is 7.67. The molecule has 0 unspecified atom stereocenters. The van der Waals surface area contributed by atoms with E-state index in [0.29, 0.717) is 13.1 Å². The van der Waals surface area contributed by atoms with Gasteiger partial charge in [-0.2, -0.15) is 0 Å². The van der Waals surface area contributed by atoms with Crippen molar-refractivity contribution in [2.75, 3.05) is 26.3 Å². The third-order valence-corrected chi connectivity index (χ3v) is 1.70. The Morgan fingerprint density at radius 2 is 1.50 bits per heavy atom. The van der Waals surface area contributed by atoms with E-state index in [0.717, 1.165) is 11.4 Å². The molecule has 0 aliphatic carbocycles. The lowest BCUT2D eigenvalue weighted by atomic mass is 10.3. The Kier molecular flexibility index (Phi) is 5.98. The van der Waals surface area contributed by atoms with Gasteiger partial charge in [-0.05, 0) is 12.1 Å². The van der Waals surface area contributed by atoms with Crippen molar-refractivity contribution < 1.29 is 10.2 Å². The molecular weight excluding hydrogens is 206 g/mol. The molecule has 86 valence electrons. The number of aliphatic imine (C=N–C) groups is 2. The van der Waals surface area contributed by atoms with Crippen LogP contribution in [-0.2, 0) is 0 Å². The van der Waals surface area contributed by atoms with Crippen molar-refractivity contribution >= 4 is 12.4 Å². The summed E-state index contributed by atoms with van der Waals surface area (Å²) in [6.45, 7) is 0.831. The molecule has 0 aromatic carbocycles. The van der Waals surface area contributed by atoms with Gasteiger partial charge < -0.3 is 10.2 Å². The van der Waals surface area contributed by atoms with E-state index < -0.39 is 0 Å². The average Bonchev–Trinajstić information content (AvgIpc) is 2.30. The van der Waals surface area contributed by atoms with Gasteiger partial charge in [-0.1, -0.05) is 6.07 Å². The fraction of sp³-hybridized carbons (Fsp3) is 0.364. The Morgan fingerprint density at radius 1 is 1.00 bits per heavy atom. The van der Waals surface area contributed by atoms with Crippen LogP contribution in [0.4, 0.5) is 0 Å². The van der Waals surface area contributed by atoms with Crippen LogP contribution in [0.1, 0.15) is 11.4 Å². The molecule has 1 heterocycles. The highest BCUT2D eigenvalue weighted by Gasteiger charge is 1.92. The molecular formula is C11H15N3O2. The SMILES string of the molecule is OCCN=Cc1cccc(C=NCCO)n1. The summed E-state index contributed by atoms with van der Waals surface area (Å²) in [7, 11) is 0. The molecule has 0 aliphatic rings. The summed E-state index contributed by atoms with van der Waals surface area (Å²) in [5.74, 6) is 0. The van der Waals surface area contributed by atoms with Gasteiger partial charge in [0.25, 0.3) is 0 Å². The normalized spacial score (nSPS) is 11.6. The molecule has 16 heavy (non-hydrogen) atoms. The molecule has 0 aliphatic heterocycles. The summed E-state index contributed by atoms with van der Waals surface area (Å²) >= 11 is 0. The third kappa shape index (κ3) is 4.77. The first-order chi connectivity index (χ1) is 7.86. The van der Waals surface area contributed by atoms with Crippen LogP contribution in [0.5, 0.6) is 0 Å². The highest BCUT2D eigenvalue weighted by atomic mass is 16.3. The number of nitrogens with zero attached hydrogens (tertiary/aromatic N) is 3. The Morgan fingerprint density at radius 3 is 1.94 bits per heavy atom. The van der Waals surface area contributed by atoms with E-state index in [1.807, 2.05) is 18.2 Å². The zero-order valence-electron chi connectivity index (χ0n) is 8.95. The van der Waals surface area contributed by atoms with Gasteiger partial charge >= 0.3 is 0 Å². The van der Waals surface area contributed by atoms with E-state index in [1.54, 1.807) is 12.4 Å². The molecule has 0 fully saturated rings. The molecule has 0 atom stereocenters. The van der Waals surface area contributed by atoms with Crippen LogP contribution in [-0.4, -0.2) is 53.9 Å². The fourth-order valence-corrected chi connectivity index (χ4v) is 1.04. The smallest absolute Gasteiger partial charge is 0.0815 e. The molecule has 2 N–H and O–H groups in total. The molecule has 1 rings (SSSR count). The minimum atomic E-state index is 0.0359. The number of aromatic nitrogens is 1. The van der Waals surface area contributed by atoms with Crippen LogP contribution in [0.15, 0.2) is 28.2 Å². The Bertz CT molecular complexity index is 333. The van der Waals surface area contributed by atoms with E-state index in [9.17, 15) is 0 Å². The quantitative estimate of drug-likeness (QED) is 0.659. The van der Waals surface area contributed by atoms with Gasteiger partial charge in [0.1, 0.15) is 0 Å². The zero-order chi connectivity index (χ0) is 11.6. The van der Waals surface area contributed by atoms with Gasteiger partial charge in [-0.3, -0.25) is 9.98 Å². The van der Waals surface area contributed by atoms with Gasteiger partial charge in [0.15, 0.2) is 0 Å². The maximum Gasteiger partial charge on any atom is 0.0815 e. The Balaban J connectivity index is 2.63. The predicted molar refractivity (Wildman–Crippen MR) is 63.3 cm³/mol. The van der Waals surface area contributed by atoms with Crippen molar-refractivity contribution in [2.45, 2.75) is 0 Å². The number of aliphatic hydroxyl groups excluding tert-OH is 2. The molecule has 1 aromatic heterocycles. The second-order valence-corrected chi connectivity index (χ2v) is 3.01. The highest BCUT2D eigenvalue weighted by molar-refractivity contribution is 5.81. The van der Waals surface area contributed by atoms with Crippen molar-refractivity contribution in [2.24, 2.45) is 9.98 Å². The minimum Gasteiger partial charge on any atom is -0.394 e. The van der Waals surface area contributed by atoms with E-state index >= 15 is 0 Å². The number of rotatable bonds is 6. The lowest BCUT2D eigenvalue weighted by Gasteiger charge is -1.95. The van der Waals surface area contributed by atoms with Crippen LogP contribution in [0.3, 0.4) is 0 Å². The van der Waals surface area contributed by atoms with Crippen LogP contribution >= 0.6 is 0 Å². The number of hydrogen-bond donors (Lipinski definition) is 2. The molecule has 5 heteroatoms. The summed E-state index contributed by atoms with van der Waals surface area (Å²) in [4.78, 5) is 12.2. The Hall–Kier alpha value is -1.59. The van der Waals surface area contributed by atoms with Crippen molar-refractivity contribution in [3.05, 3.63) is 29.6 Å². The van der Waals surface area contributed by atoms with Gasteiger partial charge in [-0.15, -0.1) is 0 Å². The molecule has 1 aromatic rings. The van der Waals surface area contributed by atoms with E-state index in [4.69, 9.17) is 10.2 Å². The molecule has 0 radical (unpaired) electrons. The molecule has 0 bridgehead atoms. The van der Waals surface area contributed by atoms with Gasteiger partial charge in [-0.25, -0.2) is 4.98 Å². The minimum absolute atomic E-state index is 0.0359. The predicted octanol–water partition coefficient (Wildman–Crippen LogP) is -0.0960. The monoisotopic (exact) mass is 221 g/mol. The second-order valence-electron chi connectivity index (χ2n) is 3.01. The first-order valence-electron chi connectivity index (χ1n) is 5.05. The summed E-state index contributed by atoms with van der Waals surface area (Å²) in [6.07, 6.45) is 3.22. The Labute approximate surface area is 94.2 Å². The summed E-state index contributed by atoms with van der Waals surface area (Å²) in [6, 6.07) is 5.50. The van der Waals surface area contributed by atoms with Gasteiger partial charge in [0.2, 0.25) is 0 Å². The first kappa shape index (κ1) is 12.5. The molecule has 0 spiro atoms. The number of aliphatic hydroxyl groups is 2. The van der Waals surface area contributed by atoms with Crippen molar-refractivity contribution in [1.82, 2.24) is 4.98 Å². The lowest BCUT2D eigenvalue weighted by Crippen LogP contribution is -1.96. The lowest BCUT2D eigenvalue weighted by molar-refractivity contribution is 0.307. The van der Waals surface area contributed by atoms with Crippen molar-refractivity contribution in [3.63, 3.8) is 0 Å². The van der Waals surface area contributed by atoms with Gasteiger partial charge in [0.05, 0.1) is 37.7 Å². The van der Waals surface area contributed by atoms with Crippen LogP contribution in [0, 0.1) is 0 Å². The van der Waals surface area contributed by atoms with Crippen LogP contribution in [0.25, 0.3) is 0 Å². The largest absolute Gasteiger partial charge is 0.394 e. The highest BCUT2D eigenvalue weighted by Crippen LogP contribution is 1.95. The first-order valence-corrected chi connectivity index (χ1v) is 5.05. The molecule has 0 saturated carbocycles. The van der Waals surface area contributed by atoms with E-state index in [-0.39, 0.29) is 13.2 Å². The zero-order valence-corrected chi connectivity index (χ0v) is 8.95. The van der Waals surface area contributed by atoms with E-state index in [2.05, 4.69) is 15.0 Å². The number of hydrogen-bond acceptors (Lipinski definition) is 5. The molecule has 0 amide bonds. The maximum atomic E-state index is 8.56. The fourth-order valence-electron chi connectivity index (χ4n) is 1.04. The van der Waals surface area contributed by atoms with Crippen molar-refractivity contribution in [1.29, 1.82) is 0 Å². The standard InChI is InChI=1S/C11H15N3O2/c15-6-4-12-8-10-2-1-3-11(14-10)9-13-5-7-16/h1-3,8-9,15-16H,4-7H2. The van der Waals surface area contributed by atoms with Crippen molar-refractivity contribution in [3.8, 4) is 0 Å². The number of pyridine rings is 1. The van der Waals surface area contributed by atoms with Gasteiger partial charge in [0, 0.05) is 12.4 Å². The summed E-state index contributed by atoms with van der Waals surface area (Å²) in [5, 5.41) is 17.1. The third-order valence-electron chi connectivity index (χ3n) is 1.70. The summed E-state index contributed by atoms with van der Waals surface area (Å²) < 4.78 is 0. The van der Waals surface area contributed by atoms with Crippen LogP contribution in [0.2, 0.25) is 0 Å². The average molecular weight is 221 g/mol. The molecule has 0 saturated heterocycles. The molecule has 5 nitrogen and oxygen atoms in total.